The number of methoxy groups -OCH3 is 1. The molecule has 1 amide bonds. The van der Waals surface area contributed by atoms with Crippen molar-refractivity contribution in [1.82, 2.24) is 0 Å². The molecule has 0 spiro atoms. The van der Waals surface area contributed by atoms with Crippen molar-refractivity contribution in [1.29, 1.82) is 0 Å². The molecular weight excluding hydrogens is 244 g/mol. The number of phenols is 1. The van der Waals surface area contributed by atoms with E-state index in [1.807, 2.05) is 13.8 Å². The number of rotatable bonds is 6. The summed E-state index contributed by atoms with van der Waals surface area (Å²) in [7, 11) is 1.53. The largest absolute Gasteiger partial charge is 0.506 e. The van der Waals surface area contributed by atoms with E-state index in [0.717, 1.165) is 0 Å². The fourth-order valence-corrected chi connectivity index (χ4v) is 1.95. The van der Waals surface area contributed by atoms with Crippen LogP contribution in [0.2, 0.25) is 0 Å². The molecule has 5 heteroatoms. The lowest BCUT2D eigenvalue weighted by atomic mass is 9.81. The lowest BCUT2D eigenvalue weighted by Crippen LogP contribution is -2.41. The second-order valence-electron chi connectivity index (χ2n) is 4.53. The molecule has 0 aliphatic heterocycles. The Kier molecular flexibility index (Phi) is 5.18. The number of nitrogens with one attached hydrogen (secondary N) is 1. The monoisotopic (exact) mass is 266 g/mol. The summed E-state index contributed by atoms with van der Waals surface area (Å²) in [6.07, 6.45) is 1.30. The van der Waals surface area contributed by atoms with Gasteiger partial charge in [0, 0.05) is 12.6 Å². The van der Waals surface area contributed by atoms with Gasteiger partial charge in [0.2, 0.25) is 5.91 Å². The van der Waals surface area contributed by atoms with Crippen LogP contribution in [0, 0.1) is 5.41 Å². The molecule has 0 heterocycles. The van der Waals surface area contributed by atoms with Gasteiger partial charge < -0.3 is 20.9 Å². The predicted octanol–water partition coefficient (Wildman–Crippen LogP) is 2.10. The van der Waals surface area contributed by atoms with E-state index in [1.165, 1.54) is 13.2 Å². The van der Waals surface area contributed by atoms with E-state index in [0.29, 0.717) is 24.3 Å². The van der Waals surface area contributed by atoms with Crippen LogP contribution in [0.15, 0.2) is 18.2 Å². The van der Waals surface area contributed by atoms with Crippen molar-refractivity contribution in [2.45, 2.75) is 26.7 Å². The molecule has 0 radical (unpaired) electrons. The highest BCUT2D eigenvalue weighted by molar-refractivity contribution is 5.96. The molecule has 0 aromatic heterocycles. The maximum Gasteiger partial charge on any atom is 0.231 e. The molecule has 0 aliphatic rings. The van der Waals surface area contributed by atoms with Gasteiger partial charge in [0.15, 0.2) is 0 Å². The molecule has 0 bridgehead atoms. The van der Waals surface area contributed by atoms with E-state index < -0.39 is 5.41 Å². The number of nitrogens with two attached hydrogens (primary N) is 1. The van der Waals surface area contributed by atoms with Gasteiger partial charge in [-0.05, 0) is 25.0 Å². The van der Waals surface area contributed by atoms with Crippen LogP contribution in [0.4, 0.5) is 5.69 Å². The van der Waals surface area contributed by atoms with Gasteiger partial charge >= 0.3 is 0 Å². The molecule has 5 nitrogen and oxygen atoms in total. The van der Waals surface area contributed by atoms with Gasteiger partial charge in [0.25, 0.3) is 0 Å². The molecule has 0 saturated heterocycles. The van der Waals surface area contributed by atoms with Crippen molar-refractivity contribution >= 4 is 11.6 Å². The van der Waals surface area contributed by atoms with Crippen molar-refractivity contribution in [3.63, 3.8) is 0 Å². The number of carbonyl (C=O) groups excluding carboxylic acids is 1. The summed E-state index contributed by atoms with van der Waals surface area (Å²) in [6.45, 7) is 4.14. The number of phenolic OH excluding ortho intramolecular Hbond substituents is 1. The van der Waals surface area contributed by atoms with Crippen LogP contribution in [0.3, 0.4) is 0 Å². The van der Waals surface area contributed by atoms with Crippen LogP contribution in [0.1, 0.15) is 26.7 Å². The summed E-state index contributed by atoms with van der Waals surface area (Å²) in [5, 5.41) is 12.5. The molecule has 1 rings (SSSR count). The summed E-state index contributed by atoms with van der Waals surface area (Å²) in [6, 6.07) is 4.69. The molecular formula is C14H22N2O3. The Morgan fingerprint density at radius 3 is 2.53 bits per heavy atom. The normalized spacial score (nSPS) is 11.2. The van der Waals surface area contributed by atoms with Gasteiger partial charge in [-0.1, -0.05) is 13.8 Å². The van der Waals surface area contributed by atoms with Gasteiger partial charge in [-0.15, -0.1) is 0 Å². The number of aromatic hydroxyl groups is 1. The zero-order valence-electron chi connectivity index (χ0n) is 11.7. The SMILES string of the molecule is CCC(CC)(CN)C(=O)Nc1cc(OC)ccc1O. The molecule has 0 fully saturated rings. The first-order chi connectivity index (χ1) is 9.02. The van der Waals surface area contributed by atoms with Gasteiger partial charge in [0.1, 0.15) is 11.5 Å². The van der Waals surface area contributed by atoms with Crippen molar-refractivity contribution in [3.05, 3.63) is 18.2 Å². The first-order valence-electron chi connectivity index (χ1n) is 6.41. The summed E-state index contributed by atoms with van der Waals surface area (Å²) >= 11 is 0. The van der Waals surface area contributed by atoms with Gasteiger partial charge in [-0.3, -0.25) is 4.79 Å². The molecule has 106 valence electrons. The smallest absolute Gasteiger partial charge is 0.231 e. The predicted molar refractivity (Wildman–Crippen MR) is 75.4 cm³/mol. The van der Waals surface area contributed by atoms with E-state index in [2.05, 4.69) is 5.32 Å². The molecule has 1 aromatic rings. The summed E-state index contributed by atoms with van der Waals surface area (Å²) < 4.78 is 5.07. The van der Waals surface area contributed by atoms with Crippen molar-refractivity contribution in [2.75, 3.05) is 19.0 Å². The Labute approximate surface area is 113 Å². The molecule has 19 heavy (non-hydrogen) atoms. The number of amides is 1. The number of anilines is 1. The Bertz CT molecular complexity index is 434. The number of hydrogen-bond donors (Lipinski definition) is 3. The lowest BCUT2D eigenvalue weighted by molar-refractivity contribution is -0.125. The maximum absolute atomic E-state index is 12.3. The topological polar surface area (TPSA) is 84.6 Å². The van der Waals surface area contributed by atoms with Crippen LogP contribution >= 0.6 is 0 Å². The van der Waals surface area contributed by atoms with E-state index in [-0.39, 0.29) is 18.2 Å². The molecule has 0 atom stereocenters. The highest BCUT2D eigenvalue weighted by Crippen LogP contribution is 2.31. The van der Waals surface area contributed by atoms with Crippen LogP contribution in [0.25, 0.3) is 0 Å². The lowest BCUT2D eigenvalue weighted by Gasteiger charge is -2.28. The minimum atomic E-state index is -0.602. The van der Waals surface area contributed by atoms with E-state index in [9.17, 15) is 9.90 Å². The highest BCUT2D eigenvalue weighted by atomic mass is 16.5. The third-order valence-electron chi connectivity index (χ3n) is 3.68. The Morgan fingerprint density at radius 1 is 1.42 bits per heavy atom. The molecule has 4 N–H and O–H groups in total. The van der Waals surface area contributed by atoms with E-state index in [1.54, 1.807) is 12.1 Å². The fraction of sp³-hybridized carbons (Fsp3) is 0.500. The van der Waals surface area contributed by atoms with E-state index in [4.69, 9.17) is 10.5 Å². The highest BCUT2D eigenvalue weighted by Gasteiger charge is 2.33. The summed E-state index contributed by atoms with van der Waals surface area (Å²) in [5.74, 6) is 0.398. The molecule has 0 unspecified atom stereocenters. The second-order valence-corrected chi connectivity index (χ2v) is 4.53. The zero-order valence-corrected chi connectivity index (χ0v) is 11.7. The average Bonchev–Trinajstić information content (AvgIpc) is 2.44. The number of ether oxygens (including phenoxy) is 1. The summed E-state index contributed by atoms with van der Waals surface area (Å²) in [4.78, 5) is 12.3. The third-order valence-corrected chi connectivity index (χ3v) is 3.68. The average molecular weight is 266 g/mol. The minimum Gasteiger partial charge on any atom is -0.506 e. The number of benzene rings is 1. The third kappa shape index (κ3) is 3.17. The Hall–Kier alpha value is -1.75. The first kappa shape index (κ1) is 15.3. The van der Waals surface area contributed by atoms with Gasteiger partial charge in [0.05, 0.1) is 18.2 Å². The molecule has 0 saturated carbocycles. The van der Waals surface area contributed by atoms with Crippen molar-refractivity contribution < 1.29 is 14.6 Å². The van der Waals surface area contributed by atoms with E-state index >= 15 is 0 Å². The molecule has 0 aliphatic carbocycles. The Balaban J connectivity index is 2.98. The van der Waals surface area contributed by atoms with Crippen LogP contribution in [-0.2, 0) is 4.79 Å². The first-order valence-corrected chi connectivity index (χ1v) is 6.41. The number of hydrogen-bond acceptors (Lipinski definition) is 4. The van der Waals surface area contributed by atoms with Crippen molar-refractivity contribution in [2.24, 2.45) is 11.1 Å². The minimum absolute atomic E-state index is 0.00674. The van der Waals surface area contributed by atoms with Gasteiger partial charge in [-0.2, -0.15) is 0 Å². The van der Waals surface area contributed by atoms with Gasteiger partial charge in [-0.25, -0.2) is 0 Å². The van der Waals surface area contributed by atoms with Crippen LogP contribution in [-0.4, -0.2) is 24.7 Å². The standard InChI is InChI=1S/C14H22N2O3/c1-4-14(5-2,9-15)13(18)16-11-8-10(19-3)6-7-12(11)17/h6-8,17H,4-5,9,15H2,1-3H3,(H,16,18). The second kappa shape index (κ2) is 6.43. The number of carbonyl (C=O) groups is 1. The Morgan fingerprint density at radius 2 is 2.05 bits per heavy atom. The van der Waals surface area contributed by atoms with Crippen LogP contribution in [0.5, 0.6) is 11.5 Å². The molecule has 1 aromatic carbocycles. The zero-order chi connectivity index (χ0) is 14.5. The summed E-state index contributed by atoms with van der Waals surface area (Å²) in [5.41, 5.74) is 5.46. The van der Waals surface area contributed by atoms with Crippen molar-refractivity contribution in [3.8, 4) is 11.5 Å². The fourth-order valence-electron chi connectivity index (χ4n) is 1.95. The van der Waals surface area contributed by atoms with Crippen LogP contribution < -0.4 is 15.8 Å². The maximum atomic E-state index is 12.3. The quantitative estimate of drug-likeness (QED) is 0.688.